The van der Waals surface area contributed by atoms with Gasteiger partial charge in [-0.25, -0.2) is 4.98 Å². The zero-order chi connectivity index (χ0) is 7.84. The monoisotopic (exact) mass is 262 g/mol. The molecule has 11 heavy (non-hydrogen) atoms. The van der Waals surface area contributed by atoms with Crippen LogP contribution >= 0.6 is 22.6 Å². The first-order chi connectivity index (χ1) is 5.27. The van der Waals surface area contributed by atoms with Gasteiger partial charge in [-0.05, 0) is 0 Å². The molecule has 2 heterocycles. The van der Waals surface area contributed by atoms with Crippen LogP contribution in [0.4, 0.5) is 5.82 Å². The summed E-state index contributed by atoms with van der Waals surface area (Å²) in [5.74, 6) is 0.473. The first kappa shape index (κ1) is 6.77. The van der Waals surface area contributed by atoms with Crippen LogP contribution in [0.25, 0.3) is 11.2 Å². The number of halogens is 1. The lowest BCUT2D eigenvalue weighted by Crippen LogP contribution is -2.02. The molecule has 0 amide bonds. The quantitative estimate of drug-likeness (QED) is 0.516. The average molecular weight is 262 g/mol. The first-order valence-electron chi connectivity index (χ1n) is 2.95. The Labute approximate surface area is 75.6 Å². The summed E-state index contributed by atoms with van der Waals surface area (Å²) in [6.07, 6.45) is 1.67. The number of imidazole rings is 1. The molecule has 0 aliphatic heterocycles. The van der Waals surface area contributed by atoms with E-state index in [9.17, 15) is 0 Å². The Morgan fingerprint density at radius 3 is 3.18 bits per heavy atom. The number of hydrogen-bond acceptors (Lipinski definition) is 3. The Bertz CT molecular complexity index is 395. The van der Waals surface area contributed by atoms with E-state index in [1.807, 2.05) is 22.6 Å². The minimum Gasteiger partial charge on any atom is -0.380 e. The Morgan fingerprint density at radius 2 is 2.36 bits per heavy atom. The molecule has 0 aromatic carbocycles. The second-order valence-electron chi connectivity index (χ2n) is 2.03. The third kappa shape index (κ3) is 1.02. The Morgan fingerprint density at radius 1 is 1.55 bits per heavy atom. The normalized spacial score (nSPS) is 10.6. The van der Waals surface area contributed by atoms with Gasteiger partial charge in [0.2, 0.25) is 5.52 Å². The van der Waals surface area contributed by atoms with Crippen molar-refractivity contribution in [2.24, 2.45) is 0 Å². The first-order valence-corrected chi connectivity index (χ1v) is 4.03. The van der Waals surface area contributed by atoms with Crippen molar-refractivity contribution in [1.29, 1.82) is 0 Å². The molecule has 0 atom stereocenters. The fraction of sp³-hybridized carbons (Fsp3) is 0. The van der Waals surface area contributed by atoms with Crippen molar-refractivity contribution in [2.45, 2.75) is 0 Å². The number of aromatic amines is 2. The molecule has 0 aliphatic carbocycles. The highest BCUT2D eigenvalue weighted by Gasteiger charge is 2.10. The van der Waals surface area contributed by atoms with Crippen molar-refractivity contribution in [1.82, 2.24) is 15.0 Å². The maximum atomic E-state index is 5.59. The Hall–Kier alpha value is -0.920. The van der Waals surface area contributed by atoms with Gasteiger partial charge in [-0.2, -0.15) is 4.98 Å². The highest BCUT2D eigenvalue weighted by molar-refractivity contribution is 14.1. The summed E-state index contributed by atoms with van der Waals surface area (Å²) in [5, 5.41) is 0. The summed E-state index contributed by atoms with van der Waals surface area (Å²) in [6.45, 7) is 0. The number of nitrogens with zero attached hydrogens (tertiary/aromatic N) is 2. The average Bonchev–Trinajstić information content (AvgIpc) is 2.34. The molecule has 56 valence electrons. The molecule has 2 rings (SSSR count). The van der Waals surface area contributed by atoms with Crippen molar-refractivity contribution in [3.8, 4) is 0 Å². The molecule has 0 aliphatic rings. The number of nitrogens with one attached hydrogen (secondary N) is 2. The van der Waals surface area contributed by atoms with E-state index in [-0.39, 0.29) is 0 Å². The molecule has 0 spiro atoms. The van der Waals surface area contributed by atoms with Gasteiger partial charge in [0, 0.05) is 22.6 Å². The highest BCUT2D eigenvalue weighted by atomic mass is 127. The third-order valence-electron chi connectivity index (χ3n) is 1.34. The number of H-pyrrole nitrogens is 2. The number of anilines is 1. The number of aromatic nitrogens is 4. The molecule has 0 radical (unpaired) electrons. The number of fused-ring (bicyclic) bond motifs is 1. The summed E-state index contributed by atoms with van der Waals surface area (Å²) >= 11 is 2.01. The summed E-state index contributed by atoms with van der Waals surface area (Å²) in [4.78, 5) is 13.9. The van der Waals surface area contributed by atoms with Gasteiger partial charge in [0.05, 0.1) is 0 Å². The molecular formula is C5H5IN5+. The van der Waals surface area contributed by atoms with Gasteiger partial charge in [0.15, 0.2) is 12.1 Å². The Balaban J connectivity index is 2.91. The fourth-order valence-electron chi connectivity index (χ4n) is 0.873. The van der Waals surface area contributed by atoms with E-state index in [4.69, 9.17) is 5.73 Å². The standard InChI is InChI=1S/C5H4IN5/c6-5-10-3(7)2-4(11-5)9-1-8-2/h1H,(H3,7,8,9,10,11)/p+1. The largest absolute Gasteiger partial charge is 0.380 e. The molecule has 0 saturated carbocycles. The van der Waals surface area contributed by atoms with Crippen LogP contribution in [0.15, 0.2) is 6.33 Å². The smallest absolute Gasteiger partial charge is 0.306 e. The summed E-state index contributed by atoms with van der Waals surface area (Å²) < 4.78 is 0.642. The molecule has 0 fully saturated rings. The van der Waals surface area contributed by atoms with Crippen molar-refractivity contribution in [3.63, 3.8) is 0 Å². The van der Waals surface area contributed by atoms with E-state index in [1.54, 1.807) is 6.33 Å². The van der Waals surface area contributed by atoms with Gasteiger partial charge < -0.3 is 5.73 Å². The molecule has 0 bridgehead atoms. The van der Waals surface area contributed by atoms with Crippen LogP contribution in [0, 0.1) is 3.83 Å². The van der Waals surface area contributed by atoms with Gasteiger partial charge in [-0.1, -0.05) is 4.98 Å². The van der Waals surface area contributed by atoms with Crippen LogP contribution in [-0.4, -0.2) is 15.0 Å². The number of hydrogen-bond donors (Lipinski definition) is 2. The lowest BCUT2D eigenvalue weighted by atomic mass is 10.5. The van der Waals surface area contributed by atoms with Crippen molar-refractivity contribution in [2.75, 3.05) is 5.73 Å². The zero-order valence-electron chi connectivity index (χ0n) is 5.43. The van der Waals surface area contributed by atoms with Crippen molar-refractivity contribution < 1.29 is 4.98 Å². The maximum absolute atomic E-state index is 5.59. The van der Waals surface area contributed by atoms with Crippen LogP contribution < -0.4 is 10.7 Å². The minimum absolute atomic E-state index is 0.473. The summed E-state index contributed by atoms with van der Waals surface area (Å²) in [7, 11) is 0. The Kier molecular flexibility index (Phi) is 1.41. The van der Waals surface area contributed by atoms with E-state index in [2.05, 4.69) is 19.9 Å². The van der Waals surface area contributed by atoms with E-state index < -0.39 is 0 Å². The molecule has 0 unspecified atom stereocenters. The topological polar surface area (TPSA) is 81.7 Å². The van der Waals surface area contributed by atoms with Gasteiger partial charge >= 0.3 is 5.65 Å². The lowest BCUT2D eigenvalue weighted by molar-refractivity contribution is -0.347. The zero-order valence-corrected chi connectivity index (χ0v) is 7.58. The molecule has 2 aromatic rings. The van der Waals surface area contributed by atoms with E-state index in [0.29, 0.717) is 9.65 Å². The summed E-state index contributed by atoms with van der Waals surface area (Å²) in [5.41, 5.74) is 7.09. The predicted molar refractivity (Wildman–Crippen MR) is 47.6 cm³/mol. The molecule has 5 nitrogen and oxygen atoms in total. The van der Waals surface area contributed by atoms with Crippen LogP contribution in [0.3, 0.4) is 0 Å². The van der Waals surface area contributed by atoms with E-state index in [1.165, 1.54) is 0 Å². The van der Waals surface area contributed by atoms with Gasteiger partial charge in [0.1, 0.15) is 0 Å². The second kappa shape index (κ2) is 2.29. The van der Waals surface area contributed by atoms with Crippen LogP contribution in [0.1, 0.15) is 0 Å². The lowest BCUT2D eigenvalue weighted by Gasteiger charge is -1.87. The van der Waals surface area contributed by atoms with Crippen molar-refractivity contribution >= 4 is 39.6 Å². The fourth-order valence-corrected chi connectivity index (χ4v) is 1.37. The van der Waals surface area contributed by atoms with E-state index in [0.717, 1.165) is 11.2 Å². The number of nitrogens with two attached hydrogens (primary N) is 1. The second-order valence-corrected chi connectivity index (χ2v) is 3.00. The number of nitrogen functional groups attached to an aromatic ring is 1. The van der Waals surface area contributed by atoms with Crippen LogP contribution in [-0.2, 0) is 0 Å². The van der Waals surface area contributed by atoms with Crippen LogP contribution in [0.2, 0.25) is 0 Å². The van der Waals surface area contributed by atoms with Gasteiger partial charge in [-0.3, -0.25) is 4.98 Å². The third-order valence-corrected chi connectivity index (χ3v) is 1.82. The summed E-state index contributed by atoms with van der Waals surface area (Å²) in [6, 6.07) is 0. The molecule has 0 saturated heterocycles. The van der Waals surface area contributed by atoms with Gasteiger partial charge in [-0.15, -0.1) is 0 Å². The minimum atomic E-state index is 0.473. The maximum Gasteiger partial charge on any atom is 0.306 e. The SMILES string of the molecule is Nc1nc(I)nc2[nH+]c[nH]c12. The highest BCUT2D eigenvalue weighted by Crippen LogP contribution is 2.10. The molecule has 2 aromatic heterocycles. The molecular weight excluding hydrogens is 257 g/mol. The number of rotatable bonds is 0. The van der Waals surface area contributed by atoms with Crippen LogP contribution in [0.5, 0.6) is 0 Å². The molecule has 4 N–H and O–H groups in total. The van der Waals surface area contributed by atoms with Gasteiger partial charge in [0.25, 0.3) is 3.83 Å². The molecule has 6 heteroatoms. The van der Waals surface area contributed by atoms with Crippen molar-refractivity contribution in [3.05, 3.63) is 10.2 Å². The van der Waals surface area contributed by atoms with E-state index >= 15 is 0 Å². The predicted octanol–water partition coefficient (Wildman–Crippen LogP) is -0.0412.